The van der Waals surface area contributed by atoms with E-state index in [-0.39, 0.29) is 0 Å². The number of benzene rings is 2. The molecule has 100 valence electrons. The second-order valence-corrected chi connectivity index (χ2v) is 7.10. The Bertz CT molecular complexity index is 645. The third kappa shape index (κ3) is 2.63. The molecule has 2 nitrogen and oxygen atoms in total. The van der Waals surface area contributed by atoms with Gasteiger partial charge >= 0.3 is 5.97 Å². The van der Waals surface area contributed by atoms with Crippen LogP contribution in [0.4, 0.5) is 0 Å². The maximum Gasteiger partial charge on any atom is 0.315 e. The smallest absolute Gasteiger partial charge is 0.315 e. The third-order valence-corrected chi connectivity index (χ3v) is 4.78. The predicted molar refractivity (Wildman–Crippen MR) is 96.3 cm³/mol. The summed E-state index contributed by atoms with van der Waals surface area (Å²) >= 11 is 4.49. The average molecular weight is 488 g/mol. The van der Waals surface area contributed by atoms with E-state index < -0.39 is 11.9 Å². The van der Waals surface area contributed by atoms with E-state index in [1.165, 1.54) is 0 Å². The fraction of sp³-hybridized carbons (Fsp3) is 0.0625. The van der Waals surface area contributed by atoms with Gasteiger partial charge in [-0.1, -0.05) is 24.3 Å². The van der Waals surface area contributed by atoms with Crippen molar-refractivity contribution in [2.75, 3.05) is 0 Å². The van der Waals surface area contributed by atoms with E-state index in [4.69, 9.17) is 0 Å². The van der Waals surface area contributed by atoms with Gasteiger partial charge in [-0.15, -0.1) is 0 Å². The van der Waals surface area contributed by atoms with Gasteiger partial charge in [-0.25, -0.2) is 0 Å². The fourth-order valence-corrected chi connectivity index (χ4v) is 3.09. The minimum Gasteiger partial charge on any atom is -0.481 e. The molecule has 4 heteroatoms. The molecule has 1 aliphatic carbocycles. The lowest BCUT2D eigenvalue weighted by atomic mass is 10.1. The Morgan fingerprint density at radius 1 is 0.800 bits per heavy atom. The minimum absolute atomic E-state index is 0.463. The van der Waals surface area contributed by atoms with Gasteiger partial charge in [0.25, 0.3) is 0 Å². The highest BCUT2D eigenvalue weighted by Crippen LogP contribution is 2.53. The van der Waals surface area contributed by atoms with Gasteiger partial charge < -0.3 is 5.11 Å². The Balaban J connectivity index is 2.03. The van der Waals surface area contributed by atoms with Crippen LogP contribution in [0, 0.1) is 13.1 Å². The van der Waals surface area contributed by atoms with Crippen molar-refractivity contribution in [2.24, 2.45) is 5.92 Å². The second kappa shape index (κ2) is 5.48. The molecule has 2 aromatic rings. The molecule has 0 heterocycles. The summed E-state index contributed by atoms with van der Waals surface area (Å²) in [5, 5.41) is 9.38. The summed E-state index contributed by atoms with van der Waals surface area (Å²) in [6.45, 7) is 0. The van der Waals surface area contributed by atoms with E-state index >= 15 is 0 Å². The number of carboxylic acid groups (broad SMARTS) is 1. The molecule has 1 N–H and O–H groups in total. The first-order valence-electron chi connectivity index (χ1n) is 6.06. The Labute approximate surface area is 144 Å². The highest BCUT2D eigenvalue weighted by atomic mass is 127. The summed E-state index contributed by atoms with van der Waals surface area (Å²) in [6.07, 6.45) is 0. The zero-order valence-electron chi connectivity index (χ0n) is 10.3. The topological polar surface area (TPSA) is 37.3 Å². The Morgan fingerprint density at radius 3 is 1.45 bits per heavy atom. The van der Waals surface area contributed by atoms with Crippen LogP contribution in [-0.2, 0) is 4.79 Å². The second-order valence-electron chi connectivity index (χ2n) is 4.61. The first-order chi connectivity index (χ1) is 9.58. The normalized spacial score (nSPS) is 14.5. The van der Waals surface area contributed by atoms with Gasteiger partial charge in [0, 0.05) is 7.14 Å². The van der Waals surface area contributed by atoms with Crippen LogP contribution in [0.2, 0.25) is 0 Å². The lowest BCUT2D eigenvalue weighted by Gasteiger charge is -1.97. The van der Waals surface area contributed by atoms with Crippen molar-refractivity contribution in [3.63, 3.8) is 0 Å². The largest absolute Gasteiger partial charge is 0.481 e. The van der Waals surface area contributed by atoms with Gasteiger partial charge in [0.15, 0.2) is 0 Å². The van der Waals surface area contributed by atoms with Crippen LogP contribution in [0.25, 0.3) is 11.1 Å². The van der Waals surface area contributed by atoms with Crippen LogP contribution in [0.1, 0.15) is 11.1 Å². The van der Waals surface area contributed by atoms with Gasteiger partial charge in [-0.3, -0.25) is 4.79 Å². The minimum atomic E-state index is -0.771. The predicted octanol–water partition coefficient (Wildman–Crippen LogP) is 4.52. The van der Waals surface area contributed by atoms with Gasteiger partial charge in [-0.2, -0.15) is 0 Å². The maximum atomic E-state index is 11.4. The molecule has 0 spiro atoms. The van der Waals surface area contributed by atoms with E-state index in [1.54, 1.807) is 0 Å². The molecule has 0 unspecified atom stereocenters. The molecule has 0 fully saturated rings. The van der Waals surface area contributed by atoms with Crippen LogP contribution in [0.3, 0.4) is 0 Å². The molecular formula is C16H10I2O2. The summed E-state index contributed by atoms with van der Waals surface area (Å²) in [7, 11) is 0. The SMILES string of the molecule is O=C(O)C1C(c2ccc(I)cc2)=C1c1ccc(I)cc1. The van der Waals surface area contributed by atoms with Crippen molar-refractivity contribution in [2.45, 2.75) is 0 Å². The first-order valence-corrected chi connectivity index (χ1v) is 8.22. The number of hydrogen-bond acceptors (Lipinski definition) is 1. The van der Waals surface area contributed by atoms with Gasteiger partial charge in [0.2, 0.25) is 0 Å². The maximum absolute atomic E-state index is 11.4. The molecule has 0 bridgehead atoms. The van der Waals surface area contributed by atoms with E-state index in [0.29, 0.717) is 0 Å². The molecule has 0 saturated carbocycles. The molecule has 0 aliphatic heterocycles. The summed E-state index contributed by atoms with van der Waals surface area (Å²) in [5.74, 6) is -1.23. The lowest BCUT2D eigenvalue weighted by molar-refractivity contribution is -0.137. The van der Waals surface area contributed by atoms with Crippen LogP contribution in [0.5, 0.6) is 0 Å². The molecule has 0 aromatic heterocycles. The average Bonchev–Trinajstić information content (AvgIpc) is 3.16. The van der Waals surface area contributed by atoms with E-state index in [2.05, 4.69) is 45.2 Å². The number of halogens is 2. The fourth-order valence-electron chi connectivity index (χ4n) is 2.37. The van der Waals surface area contributed by atoms with Crippen LogP contribution >= 0.6 is 45.2 Å². The van der Waals surface area contributed by atoms with E-state index in [0.717, 1.165) is 29.4 Å². The molecule has 20 heavy (non-hydrogen) atoms. The summed E-state index contributed by atoms with van der Waals surface area (Å²) in [4.78, 5) is 11.4. The molecule has 0 amide bonds. The van der Waals surface area contributed by atoms with Gasteiger partial charge in [-0.05, 0) is 91.7 Å². The summed E-state index contributed by atoms with van der Waals surface area (Å²) in [5.41, 5.74) is 3.89. The molecule has 0 atom stereocenters. The van der Waals surface area contributed by atoms with Crippen LogP contribution in [0.15, 0.2) is 48.5 Å². The number of carboxylic acids is 1. The van der Waals surface area contributed by atoms with Gasteiger partial charge in [0.05, 0.1) is 0 Å². The van der Waals surface area contributed by atoms with E-state index in [1.807, 2.05) is 48.5 Å². The monoisotopic (exact) mass is 488 g/mol. The van der Waals surface area contributed by atoms with Crippen LogP contribution in [-0.4, -0.2) is 11.1 Å². The molecule has 2 aromatic carbocycles. The first kappa shape index (κ1) is 14.1. The Morgan fingerprint density at radius 2 is 1.15 bits per heavy atom. The standard InChI is InChI=1S/C16H10I2O2/c17-11-5-1-9(2-6-11)13-14(15(13)16(19)20)10-3-7-12(18)8-4-10/h1-8,15H,(H,19,20). The molecule has 1 aliphatic rings. The van der Waals surface area contributed by atoms with Crippen LogP contribution < -0.4 is 0 Å². The Kier molecular flexibility index (Phi) is 3.85. The number of hydrogen-bond donors (Lipinski definition) is 1. The quantitative estimate of drug-likeness (QED) is 0.646. The van der Waals surface area contributed by atoms with E-state index in [9.17, 15) is 9.90 Å². The van der Waals surface area contributed by atoms with Crippen molar-refractivity contribution in [3.8, 4) is 0 Å². The highest BCUT2D eigenvalue weighted by Gasteiger charge is 2.43. The number of aliphatic carboxylic acids is 1. The Hall–Kier alpha value is -0.890. The summed E-state index contributed by atoms with van der Waals surface area (Å²) < 4.78 is 2.30. The zero-order chi connectivity index (χ0) is 14.3. The molecule has 3 rings (SSSR count). The van der Waals surface area contributed by atoms with Gasteiger partial charge in [0.1, 0.15) is 5.92 Å². The van der Waals surface area contributed by atoms with Crippen molar-refractivity contribution in [3.05, 3.63) is 66.8 Å². The highest BCUT2D eigenvalue weighted by molar-refractivity contribution is 14.1. The van der Waals surface area contributed by atoms with Crippen molar-refractivity contribution < 1.29 is 9.90 Å². The molecule has 0 radical (unpaired) electrons. The van der Waals surface area contributed by atoms with Crippen molar-refractivity contribution in [1.82, 2.24) is 0 Å². The number of carbonyl (C=O) groups is 1. The lowest BCUT2D eigenvalue weighted by Crippen LogP contribution is -2.01. The zero-order valence-corrected chi connectivity index (χ0v) is 14.6. The van der Waals surface area contributed by atoms with Crippen molar-refractivity contribution in [1.29, 1.82) is 0 Å². The number of rotatable bonds is 3. The third-order valence-electron chi connectivity index (χ3n) is 3.34. The molecule has 0 saturated heterocycles. The summed E-state index contributed by atoms with van der Waals surface area (Å²) in [6, 6.07) is 16.0. The van der Waals surface area contributed by atoms with Crippen molar-refractivity contribution >= 4 is 62.3 Å². The molecular weight excluding hydrogens is 478 g/mol.